The van der Waals surface area contributed by atoms with Gasteiger partial charge in [0, 0.05) is 0 Å². The highest BCUT2D eigenvalue weighted by atomic mass is 19.1. The second-order valence-corrected chi connectivity index (χ2v) is 4.57. The highest BCUT2D eigenvalue weighted by molar-refractivity contribution is 5.79. The van der Waals surface area contributed by atoms with E-state index in [1.807, 2.05) is 6.92 Å². The van der Waals surface area contributed by atoms with Crippen LogP contribution in [0.1, 0.15) is 13.3 Å². The van der Waals surface area contributed by atoms with Gasteiger partial charge in [-0.25, -0.2) is 4.39 Å². The summed E-state index contributed by atoms with van der Waals surface area (Å²) in [5.41, 5.74) is -0.731. The van der Waals surface area contributed by atoms with Crippen LogP contribution in [0.5, 0.6) is 5.75 Å². The van der Waals surface area contributed by atoms with Gasteiger partial charge >= 0.3 is 0 Å². The average molecular weight is 253 g/mol. The lowest BCUT2D eigenvalue weighted by atomic mass is 9.91. The number of carbonyl (C=O) groups is 1. The van der Waals surface area contributed by atoms with E-state index < -0.39 is 5.60 Å². The number of β-amino-alcohol motifs (C(OH)–C–C–N with tert-alkyl or cyclic N) is 1. The first-order chi connectivity index (χ1) is 8.52. The Hall–Kier alpha value is -1.62. The molecule has 0 aromatic heterocycles. The van der Waals surface area contributed by atoms with E-state index in [9.17, 15) is 14.3 Å². The molecule has 0 unspecified atom stereocenters. The number of likely N-dealkylation sites (tertiary alicyclic amines) is 1. The lowest BCUT2D eigenvalue weighted by Crippen LogP contribution is -2.63. The van der Waals surface area contributed by atoms with Crippen LogP contribution in [0.15, 0.2) is 24.3 Å². The van der Waals surface area contributed by atoms with Gasteiger partial charge in [0.1, 0.15) is 11.6 Å². The van der Waals surface area contributed by atoms with Crippen molar-refractivity contribution in [3.05, 3.63) is 30.1 Å². The number of aliphatic hydroxyl groups is 1. The van der Waals surface area contributed by atoms with Gasteiger partial charge in [0.15, 0.2) is 6.61 Å². The molecule has 2 rings (SSSR count). The fraction of sp³-hybridized carbons (Fsp3) is 0.462. The third kappa shape index (κ3) is 2.79. The Morgan fingerprint density at radius 1 is 1.44 bits per heavy atom. The highest BCUT2D eigenvalue weighted by Crippen LogP contribution is 2.24. The number of rotatable bonds is 4. The van der Waals surface area contributed by atoms with Gasteiger partial charge in [-0.3, -0.25) is 4.79 Å². The number of ether oxygens (including phenoxy) is 1. The zero-order valence-corrected chi connectivity index (χ0v) is 10.2. The minimum Gasteiger partial charge on any atom is -0.484 e. The van der Waals surface area contributed by atoms with Crippen molar-refractivity contribution in [2.24, 2.45) is 0 Å². The molecule has 1 saturated heterocycles. The quantitative estimate of drug-likeness (QED) is 0.876. The zero-order chi connectivity index (χ0) is 13.2. The predicted molar refractivity (Wildman–Crippen MR) is 63.7 cm³/mol. The maximum absolute atomic E-state index is 12.6. The molecule has 1 fully saturated rings. The van der Waals surface area contributed by atoms with Crippen molar-refractivity contribution >= 4 is 5.91 Å². The van der Waals surface area contributed by atoms with Crippen molar-refractivity contribution in [1.29, 1.82) is 0 Å². The minimum absolute atomic E-state index is 0.0918. The Balaban J connectivity index is 1.78. The number of halogens is 1. The molecule has 0 bridgehead atoms. The van der Waals surface area contributed by atoms with Crippen LogP contribution in [-0.4, -0.2) is 41.2 Å². The molecule has 0 aliphatic carbocycles. The third-order valence-corrected chi connectivity index (χ3v) is 3.16. The van der Waals surface area contributed by atoms with E-state index in [1.54, 1.807) is 4.90 Å². The summed E-state index contributed by atoms with van der Waals surface area (Å²) in [6.07, 6.45) is 0.635. The molecule has 1 aromatic carbocycles. The van der Waals surface area contributed by atoms with Crippen molar-refractivity contribution < 1.29 is 19.0 Å². The van der Waals surface area contributed by atoms with Crippen LogP contribution in [0.4, 0.5) is 4.39 Å². The SMILES string of the molecule is CCC1(O)CN(C(=O)COc2ccc(F)cc2)C1. The smallest absolute Gasteiger partial charge is 0.260 e. The Morgan fingerprint density at radius 3 is 2.61 bits per heavy atom. The second-order valence-electron chi connectivity index (χ2n) is 4.57. The van der Waals surface area contributed by atoms with Crippen LogP contribution >= 0.6 is 0 Å². The molecule has 98 valence electrons. The molecular weight excluding hydrogens is 237 g/mol. The van der Waals surface area contributed by atoms with Crippen LogP contribution in [0.2, 0.25) is 0 Å². The van der Waals surface area contributed by atoms with Crippen molar-refractivity contribution in [3.63, 3.8) is 0 Å². The summed E-state index contributed by atoms with van der Waals surface area (Å²) < 4.78 is 17.9. The Bertz CT molecular complexity index is 426. The number of amides is 1. The molecule has 0 radical (unpaired) electrons. The van der Waals surface area contributed by atoms with E-state index in [1.165, 1.54) is 24.3 Å². The summed E-state index contributed by atoms with van der Waals surface area (Å²) >= 11 is 0. The van der Waals surface area contributed by atoms with E-state index in [0.29, 0.717) is 25.3 Å². The zero-order valence-electron chi connectivity index (χ0n) is 10.2. The average Bonchev–Trinajstić information content (AvgIpc) is 2.34. The third-order valence-electron chi connectivity index (χ3n) is 3.16. The molecule has 1 aliphatic rings. The lowest BCUT2D eigenvalue weighted by molar-refractivity contribution is -0.157. The summed E-state index contributed by atoms with van der Waals surface area (Å²) in [5.74, 6) is -0.0575. The topological polar surface area (TPSA) is 49.8 Å². The normalized spacial score (nSPS) is 17.2. The second kappa shape index (κ2) is 4.94. The van der Waals surface area contributed by atoms with Crippen LogP contribution in [0.25, 0.3) is 0 Å². The van der Waals surface area contributed by atoms with E-state index in [0.717, 1.165) is 0 Å². The number of carbonyl (C=O) groups excluding carboxylic acids is 1. The van der Waals surface area contributed by atoms with Crippen molar-refractivity contribution in [1.82, 2.24) is 4.90 Å². The van der Waals surface area contributed by atoms with Crippen LogP contribution in [0.3, 0.4) is 0 Å². The fourth-order valence-corrected chi connectivity index (χ4v) is 1.83. The number of hydrogen-bond acceptors (Lipinski definition) is 3. The molecule has 4 nitrogen and oxygen atoms in total. The monoisotopic (exact) mass is 253 g/mol. The Labute approximate surface area is 105 Å². The summed E-state index contributed by atoms with van der Waals surface area (Å²) in [5, 5.41) is 9.78. The van der Waals surface area contributed by atoms with Crippen LogP contribution in [0, 0.1) is 5.82 Å². The van der Waals surface area contributed by atoms with Gasteiger partial charge in [0.25, 0.3) is 5.91 Å². The number of nitrogens with zero attached hydrogens (tertiary/aromatic N) is 1. The summed E-state index contributed by atoms with van der Waals surface area (Å²) in [6.45, 7) is 2.51. The maximum Gasteiger partial charge on any atom is 0.260 e. The number of benzene rings is 1. The largest absolute Gasteiger partial charge is 0.484 e. The van der Waals surface area contributed by atoms with Crippen molar-refractivity contribution in [2.45, 2.75) is 18.9 Å². The minimum atomic E-state index is -0.731. The standard InChI is InChI=1S/C13H16FNO3/c1-2-13(17)8-15(9-13)12(16)7-18-11-5-3-10(14)4-6-11/h3-6,17H,2,7-9H2,1H3. The van der Waals surface area contributed by atoms with Gasteiger partial charge in [-0.2, -0.15) is 0 Å². The molecule has 18 heavy (non-hydrogen) atoms. The Morgan fingerprint density at radius 2 is 2.06 bits per heavy atom. The van der Waals surface area contributed by atoms with Crippen molar-refractivity contribution in [2.75, 3.05) is 19.7 Å². The summed E-state index contributed by atoms with van der Waals surface area (Å²) in [4.78, 5) is 13.2. The van der Waals surface area contributed by atoms with Gasteiger partial charge in [0.2, 0.25) is 0 Å². The lowest BCUT2D eigenvalue weighted by Gasteiger charge is -2.45. The molecule has 0 saturated carbocycles. The molecule has 0 atom stereocenters. The van der Waals surface area contributed by atoms with E-state index in [2.05, 4.69) is 0 Å². The molecule has 5 heteroatoms. The van der Waals surface area contributed by atoms with Gasteiger partial charge in [-0.1, -0.05) is 6.92 Å². The van der Waals surface area contributed by atoms with E-state index in [-0.39, 0.29) is 18.3 Å². The first-order valence-corrected chi connectivity index (χ1v) is 5.91. The molecule has 1 aliphatic heterocycles. The molecule has 0 spiro atoms. The van der Waals surface area contributed by atoms with Gasteiger partial charge < -0.3 is 14.7 Å². The van der Waals surface area contributed by atoms with Gasteiger partial charge in [0.05, 0.1) is 18.7 Å². The van der Waals surface area contributed by atoms with Gasteiger partial charge in [-0.05, 0) is 30.7 Å². The molecule has 1 aromatic rings. The maximum atomic E-state index is 12.6. The highest BCUT2D eigenvalue weighted by Gasteiger charge is 2.41. The van der Waals surface area contributed by atoms with Crippen LogP contribution in [-0.2, 0) is 4.79 Å². The number of hydrogen-bond donors (Lipinski definition) is 1. The summed E-state index contributed by atoms with van der Waals surface area (Å²) in [7, 11) is 0. The van der Waals surface area contributed by atoms with Gasteiger partial charge in [-0.15, -0.1) is 0 Å². The molecule has 1 heterocycles. The predicted octanol–water partition coefficient (Wildman–Crippen LogP) is 1.19. The first-order valence-electron chi connectivity index (χ1n) is 5.91. The Kier molecular flexibility index (Phi) is 3.52. The molecule has 1 amide bonds. The van der Waals surface area contributed by atoms with E-state index >= 15 is 0 Å². The molecule has 1 N–H and O–H groups in total. The van der Waals surface area contributed by atoms with Crippen LogP contribution < -0.4 is 4.74 Å². The van der Waals surface area contributed by atoms with E-state index in [4.69, 9.17) is 4.74 Å². The molecular formula is C13H16FNO3. The first kappa shape index (κ1) is 12.8. The summed E-state index contributed by atoms with van der Waals surface area (Å²) in [6, 6.07) is 5.50. The fourth-order valence-electron chi connectivity index (χ4n) is 1.83. The van der Waals surface area contributed by atoms with Crippen molar-refractivity contribution in [3.8, 4) is 5.75 Å².